The highest BCUT2D eigenvalue weighted by molar-refractivity contribution is 5.81. The molecule has 2 atom stereocenters. The molecule has 1 aliphatic rings. The molecule has 0 bridgehead atoms. The molecule has 0 unspecified atom stereocenters. The summed E-state index contributed by atoms with van der Waals surface area (Å²) in [4.78, 5) is 10.8. The molecule has 0 saturated heterocycles. The monoisotopic (exact) mass is 152 g/mol. The van der Waals surface area contributed by atoms with Crippen LogP contribution >= 0.6 is 0 Å². The van der Waals surface area contributed by atoms with Crippen molar-refractivity contribution in [1.29, 1.82) is 0 Å². The van der Waals surface area contributed by atoms with Gasteiger partial charge in [0.05, 0.1) is 0 Å². The molecule has 62 valence electrons. The SMILES string of the molecule is C=CCCC[C@@H]1C[C@H]1C(C)=O. The van der Waals surface area contributed by atoms with Crippen molar-refractivity contribution in [3.63, 3.8) is 0 Å². The van der Waals surface area contributed by atoms with Crippen LogP contribution in [0.4, 0.5) is 0 Å². The van der Waals surface area contributed by atoms with Crippen LogP contribution in [0.3, 0.4) is 0 Å². The van der Waals surface area contributed by atoms with E-state index in [1.165, 1.54) is 12.8 Å². The van der Waals surface area contributed by atoms with Gasteiger partial charge in [-0.25, -0.2) is 0 Å². The number of carbonyl (C=O) groups is 1. The molecule has 1 saturated carbocycles. The molecule has 1 heteroatoms. The van der Waals surface area contributed by atoms with Crippen LogP contribution in [0.5, 0.6) is 0 Å². The summed E-state index contributed by atoms with van der Waals surface area (Å²) in [7, 11) is 0. The van der Waals surface area contributed by atoms with Gasteiger partial charge >= 0.3 is 0 Å². The lowest BCUT2D eigenvalue weighted by molar-refractivity contribution is -0.118. The Balaban J connectivity index is 2.04. The fraction of sp³-hybridized carbons (Fsp3) is 0.700. The van der Waals surface area contributed by atoms with Gasteiger partial charge in [-0.3, -0.25) is 4.79 Å². The zero-order valence-electron chi connectivity index (χ0n) is 7.18. The van der Waals surface area contributed by atoms with E-state index in [2.05, 4.69) is 6.58 Å². The first-order valence-electron chi connectivity index (χ1n) is 4.37. The third-order valence-electron chi connectivity index (χ3n) is 2.43. The number of allylic oxidation sites excluding steroid dienone is 1. The quantitative estimate of drug-likeness (QED) is 0.437. The fourth-order valence-corrected chi connectivity index (χ4v) is 1.59. The number of rotatable bonds is 5. The molecule has 1 aliphatic carbocycles. The van der Waals surface area contributed by atoms with Crippen molar-refractivity contribution in [3.05, 3.63) is 12.7 Å². The molecule has 1 nitrogen and oxygen atoms in total. The van der Waals surface area contributed by atoms with E-state index in [0.29, 0.717) is 17.6 Å². The Bertz CT molecular complexity index is 160. The van der Waals surface area contributed by atoms with Gasteiger partial charge in [0, 0.05) is 5.92 Å². The largest absolute Gasteiger partial charge is 0.300 e. The summed E-state index contributed by atoms with van der Waals surface area (Å²) >= 11 is 0. The normalized spacial score (nSPS) is 28.1. The van der Waals surface area contributed by atoms with Crippen LogP contribution in [-0.2, 0) is 4.79 Å². The first-order valence-corrected chi connectivity index (χ1v) is 4.37. The summed E-state index contributed by atoms with van der Waals surface area (Å²) in [5.74, 6) is 1.51. The Labute approximate surface area is 68.5 Å². The van der Waals surface area contributed by atoms with Gasteiger partial charge in [0.2, 0.25) is 0 Å². The topological polar surface area (TPSA) is 17.1 Å². The van der Waals surface area contributed by atoms with Gasteiger partial charge in [-0.1, -0.05) is 6.08 Å². The van der Waals surface area contributed by atoms with Gasteiger partial charge in [-0.2, -0.15) is 0 Å². The summed E-state index contributed by atoms with van der Waals surface area (Å²) in [5.41, 5.74) is 0. The summed E-state index contributed by atoms with van der Waals surface area (Å²) in [6.07, 6.45) is 6.62. The van der Waals surface area contributed by atoms with Crippen LogP contribution in [0.2, 0.25) is 0 Å². The van der Waals surface area contributed by atoms with E-state index in [9.17, 15) is 4.79 Å². The highest BCUT2D eigenvalue weighted by atomic mass is 16.1. The van der Waals surface area contributed by atoms with E-state index in [1.54, 1.807) is 6.92 Å². The van der Waals surface area contributed by atoms with E-state index < -0.39 is 0 Å². The number of carbonyl (C=O) groups excluding carboxylic acids is 1. The lowest BCUT2D eigenvalue weighted by atomic mass is 10.1. The van der Waals surface area contributed by atoms with E-state index in [1.807, 2.05) is 6.08 Å². The minimum absolute atomic E-state index is 0.383. The second kappa shape index (κ2) is 3.70. The van der Waals surface area contributed by atoms with Gasteiger partial charge < -0.3 is 0 Å². The molecule has 0 aliphatic heterocycles. The van der Waals surface area contributed by atoms with E-state index >= 15 is 0 Å². The summed E-state index contributed by atoms with van der Waals surface area (Å²) < 4.78 is 0. The van der Waals surface area contributed by atoms with Crippen molar-refractivity contribution >= 4 is 5.78 Å². The third kappa shape index (κ3) is 2.49. The Morgan fingerprint density at radius 1 is 1.73 bits per heavy atom. The van der Waals surface area contributed by atoms with Crippen molar-refractivity contribution in [2.24, 2.45) is 11.8 Å². The van der Waals surface area contributed by atoms with Gasteiger partial charge in [0.1, 0.15) is 5.78 Å². The number of Topliss-reactive ketones (excluding diaryl/α,β-unsaturated/α-hetero) is 1. The number of hydrogen-bond acceptors (Lipinski definition) is 1. The third-order valence-corrected chi connectivity index (χ3v) is 2.43. The molecule has 0 heterocycles. The van der Waals surface area contributed by atoms with E-state index in [0.717, 1.165) is 12.8 Å². The zero-order valence-corrected chi connectivity index (χ0v) is 7.18. The van der Waals surface area contributed by atoms with E-state index in [4.69, 9.17) is 0 Å². The molecule has 0 aromatic carbocycles. The molecule has 0 aromatic heterocycles. The van der Waals surface area contributed by atoms with Gasteiger partial charge in [-0.05, 0) is 38.5 Å². The molecule has 0 amide bonds. The van der Waals surface area contributed by atoms with Gasteiger partial charge in [0.15, 0.2) is 0 Å². The minimum Gasteiger partial charge on any atom is -0.300 e. The minimum atomic E-state index is 0.383. The second-order valence-electron chi connectivity index (χ2n) is 3.43. The van der Waals surface area contributed by atoms with Crippen molar-refractivity contribution in [2.45, 2.75) is 32.6 Å². The van der Waals surface area contributed by atoms with Crippen LogP contribution in [-0.4, -0.2) is 5.78 Å². The van der Waals surface area contributed by atoms with Crippen LogP contribution in [0.15, 0.2) is 12.7 Å². The van der Waals surface area contributed by atoms with Crippen LogP contribution in [0.25, 0.3) is 0 Å². The highest BCUT2D eigenvalue weighted by Gasteiger charge is 2.39. The fourth-order valence-electron chi connectivity index (χ4n) is 1.59. The van der Waals surface area contributed by atoms with Crippen molar-refractivity contribution in [1.82, 2.24) is 0 Å². The van der Waals surface area contributed by atoms with Gasteiger partial charge in [0.25, 0.3) is 0 Å². The molecule has 0 spiro atoms. The molecule has 0 aromatic rings. The molecular weight excluding hydrogens is 136 g/mol. The Hall–Kier alpha value is -0.590. The molecule has 1 rings (SSSR count). The Kier molecular flexibility index (Phi) is 2.86. The predicted molar refractivity (Wildman–Crippen MR) is 46.3 cm³/mol. The van der Waals surface area contributed by atoms with E-state index in [-0.39, 0.29) is 0 Å². The Morgan fingerprint density at radius 2 is 2.45 bits per heavy atom. The average Bonchev–Trinajstić information content (AvgIpc) is 2.68. The lowest BCUT2D eigenvalue weighted by Gasteiger charge is -1.94. The average molecular weight is 152 g/mol. The lowest BCUT2D eigenvalue weighted by Crippen LogP contribution is -1.94. The second-order valence-corrected chi connectivity index (χ2v) is 3.43. The van der Waals surface area contributed by atoms with Crippen LogP contribution < -0.4 is 0 Å². The number of unbranched alkanes of at least 4 members (excludes halogenated alkanes) is 1. The number of hydrogen-bond donors (Lipinski definition) is 0. The maximum atomic E-state index is 10.8. The van der Waals surface area contributed by atoms with Crippen LogP contribution in [0.1, 0.15) is 32.6 Å². The Morgan fingerprint density at radius 3 is 2.91 bits per heavy atom. The summed E-state index contributed by atoms with van der Waals surface area (Å²) in [5, 5.41) is 0. The summed E-state index contributed by atoms with van der Waals surface area (Å²) in [6.45, 7) is 5.37. The predicted octanol–water partition coefficient (Wildman–Crippen LogP) is 2.57. The first-order chi connectivity index (χ1) is 5.25. The van der Waals surface area contributed by atoms with Crippen molar-refractivity contribution in [2.75, 3.05) is 0 Å². The summed E-state index contributed by atoms with van der Waals surface area (Å²) in [6, 6.07) is 0. The smallest absolute Gasteiger partial charge is 0.133 e. The molecule has 1 fully saturated rings. The van der Waals surface area contributed by atoms with Crippen molar-refractivity contribution in [3.8, 4) is 0 Å². The molecular formula is C10H16O. The van der Waals surface area contributed by atoms with Gasteiger partial charge in [-0.15, -0.1) is 6.58 Å². The maximum absolute atomic E-state index is 10.8. The number of ketones is 1. The maximum Gasteiger partial charge on any atom is 0.133 e. The standard InChI is InChI=1S/C10H16O/c1-3-4-5-6-9-7-10(9)8(2)11/h3,9-10H,1,4-7H2,2H3/t9-,10+/m1/s1. The molecule has 0 radical (unpaired) electrons. The van der Waals surface area contributed by atoms with Crippen LogP contribution in [0, 0.1) is 11.8 Å². The zero-order chi connectivity index (χ0) is 8.27. The first kappa shape index (κ1) is 8.51. The highest BCUT2D eigenvalue weighted by Crippen LogP contribution is 2.42. The molecule has 0 N–H and O–H groups in total. The molecule has 11 heavy (non-hydrogen) atoms. The van der Waals surface area contributed by atoms with Crippen molar-refractivity contribution < 1.29 is 4.79 Å².